The summed E-state index contributed by atoms with van der Waals surface area (Å²) < 4.78 is 4.75. The van der Waals surface area contributed by atoms with Crippen molar-refractivity contribution in [3.63, 3.8) is 0 Å². The van der Waals surface area contributed by atoms with E-state index in [-0.39, 0.29) is 0 Å². The molecule has 2 aromatic rings. The van der Waals surface area contributed by atoms with E-state index in [2.05, 4.69) is 4.98 Å². The first kappa shape index (κ1) is 14.9. The highest BCUT2D eigenvalue weighted by atomic mass is 35.5. The lowest BCUT2D eigenvalue weighted by molar-refractivity contribution is -0.138. The maximum Gasteiger partial charge on any atom is 0.319 e. The molecule has 0 saturated heterocycles. The van der Waals surface area contributed by atoms with E-state index in [0.29, 0.717) is 22.4 Å². The SMILES string of the molecule is CC(C)(SCc1ncc(-c2ccc(Cl)cc2)o1)C(=O)O. The minimum Gasteiger partial charge on any atom is -0.480 e. The van der Waals surface area contributed by atoms with E-state index < -0.39 is 10.7 Å². The van der Waals surface area contributed by atoms with E-state index in [1.807, 2.05) is 12.1 Å². The minimum atomic E-state index is -0.866. The molecule has 0 fully saturated rings. The smallest absolute Gasteiger partial charge is 0.319 e. The fourth-order valence-electron chi connectivity index (χ4n) is 1.43. The third-order valence-corrected chi connectivity index (χ3v) is 4.29. The molecule has 0 aliphatic carbocycles. The molecule has 1 aromatic heterocycles. The first-order valence-corrected chi connectivity index (χ1v) is 7.33. The van der Waals surface area contributed by atoms with Crippen molar-refractivity contribution in [3.8, 4) is 11.3 Å². The van der Waals surface area contributed by atoms with Crippen molar-refractivity contribution in [2.24, 2.45) is 0 Å². The maximum absolute atomic E-state index is 11.0. The highest BCUT2D eigenvalue weighted by Gasteiger charge is 2.28. The summed E-state index contributed by atoms with van der Waals surface area (Å²) in [5.74, 6) is 0.707. The molecule has 4 nitrogen and oxygen atoms in total. The molecule has 6 heteroatoms. The molecule has 0 spiro atoms. The quantitative estimate of drug-likeness (QED) is 0.901. The summed E-state index contributed by atoms with van der Waals surface area (Å²) in [6.45, 7) is 3.31. The van der Waals surface area contributed by atoms with Gasteiger partial charge in [-0.25, -0.2) is 4.98 Å². The zero-order chi connectivity index (χ0) is 14.8. The van der Waals surface area contributed by atoms with E-state index in [1.54, 1.807) is 32.2 Å². The standard InChI is InChI=1S/C14H14ClNO3S/c1-14(2,13(17)18)20-8-12-16-7-11(19-12)9-3-5-10(15)6-4-9/h3-7H,8H2,1-2H3,(H,17,18). The predicted octanol–water partition coefficient (Wildman–Crippen LogP) is 4.09. The summed E-state index contributed by atoms with van der Waals surface area (Å²) in [5, 5.41) is 9.70. The number of aliphatic carboxylic acids is 1. The van der Waals surface area contributed by atoms with Gasteiger partial charge >= 0.3 is 5.97 Å². The van der Waals surface area contributed by atoms with Crippen LogP contribution in [0.2, 0.25) is 5.02 Å². The Bertz CT molecular complexity index is 607. The van der Waals surface area contributed by atoms with Crippen LogP contribution in [0.1, 0.15) is 19.7 Å². The molecule has 0 radical (unpaired) electrons. The molecule has 0 unspecified atom stereocenters. The van der Waals surface area contributed by atoms with Crippen LogP contribution in [0, 0.1) is 0 Å². The Balaban J connectivity index is 2.06. The molecule has 0 saturated carbocycles. The molecule has 1 heterocycles. The number of thioether (sulfide) groups is 1. The Morgan fingerprint density at radius 1 is 1.40 bits per heavy atom. The molecule has 1 N–H and O–H groups in total. The Hall–Kier alpha value is -1.46. The molecule has 0 aliphatic heterocycles. The molecule has 0 atom stereocenters. The van der Waals surface area contributed by atoms with Gasteiger partial charge in [0, 0.05) is 10.6 Å². The van der Waals surface area contributed by atoms with Gasteiger partial charge in [-0.3, -0.25) is 4.79 Å². The lowest BCUT2D eigenvalue weighted by Gasteiger charge is -2.16. The van der Waals surface area contributed by atoms with Gasteiger partial charge in [-0.15, -0.1) is 11.8 Å². The van der Waals surface area contributed by atoms with Crippen LogP contribution in [0.25, 0.3) is 11.3 Å². The minimum absolute atomic E-state index is 0.410. The van der Waals surface area contributed by atoms with Gasteiger partial charge in [0.2, 0.25) is 5.89 Å². The van der Waals surface area contributed by atoms with Crippen molar-refractivity contribution in [1.29, 1.82) is 0 Å². The Labute approximate surface area is 126 Å². The number of hydrogen-bond acceptors (Lipinski definition) is 4. The molecule has 0 bridgehead atoms. The molecule has 2 rings (SSSR count). The third-order valence-electron chi connectivity index (χ3n) is 2.75. The zero-order valence-corrected chi connectivity index (χ0v) is 12.7. The summed E-state index contributed by atoms with van der Waals surface area (Å²) >= 11 is 7.10. The van der Waals surface area contributed by atoms with E-state index in [9.17, 15) is 4.79 Å². The number of halogens is 1. The first-order chi connectivity index (χ1) is 9.38. The van der Waals surface area contributed by atoms with Crippen molar-refractivity contribution in [2.45, 2.75) is 24.3 Å². The summed E-state index contributed by atoms with van der Waals surface area (Å²) in [7, 11) is 0. The molecule has 20 heavy (non-hydrogen) atoms. The molecule has 1 aromatic carbocycles. The van der Waals surface area contributed by atoms with Crippen LogP contribution in [-0.2, 0) is 10.5 Å². The second kappa shape index (κ2) is 5.89. The summed E-state index contributed by atoms with van der Waals surface area (Å²) in [5.41, 5.74) is 0.885. The first-order valence-electron chi connectivity index (χ1n) is 5.96. The molecule has 106 valence electrons. The largest absolute Gasteiger partial charge is 0.480 e. The lowest BCUT2D eigenvalue weighted by atomic mass is 10.2. The average molecular weight is 312 g/mol. The van der Waals surface area contributed by atoms with Crippen LogP contribution < -0.4 is 0 Å². The number of carboxylic acids is 1. The van der Waals surface area contributed by atoms with Crippen molar-refractivity contribution in [2.75, 3.05) is 0 Å². The van der Waals surface area contributed by atoms with Gasteiger partial charge in [0.05, 0.1) is 11.9 Å². The van der Waals surface area contributed by atoms with Crippen LogP contribution >= 0.6 is 23.4 Å². The molecule has 0 amide bonds. The molecular weight excluding hydrogens is 298 g/mol. The predicted molar refractivity (Wildman–Crippen MR) is 80.0 cm³/mol. The van der Waals surface area contributed by atoms with E-state index in [1.165, 1.54) is 11.8 Å². The van der Waals surface area contributed by atoms with E-state index >= 15 is 0 Å². The van der Waals surface area contributed by atoms with Gasteiger partial charge in [-0.2, -0.15) is 0 Å². The fraction of sp³-hybridized carbons (Fsp3) is 0.286. The highest BCUT2D eigenvalue weighted by molar-refractivity contribution is 8.00. The average Bonchev–Trinajstić information content (AvgIpc) is 2.86. The van der Waals surface area contributed by atoms with Gasteiger partial charge in [0.15, 0.2) is 5.76 Å². The normalized spacial score (nSPS) is 11.6. The van der Waals surface area contributed by atoms with Crippen LogP contribution in [0.5, 0.6) is 0 Å². The van der Waals surface area contributed by atoms with Gasteiger partial charge in [0.1, 0.15) is 4.75 Å². The highest BCUT2D eigenvalue weighted by Crippen LogP contribution is 2.29. The number of carboxylic acid groups (broad SMARTS) is 1. The van der Waals surface area contributed by atoms with Crippen LogP contribution in [-0.4, -0.2) is 20.8 Å². The lowest BCUT2D eigenvalue weighted by Crippen LogP contribution is -2.27. The third kappa shape index (κ3) is 3.55. The number of hydrogen-bond donors (Lipinski definition) is 1. The summed E-state index contributed by atoms with van der Waals surface area (Å²) in [4.78, 5) is 15.2. The Kier molecular flexibility index (Phi) is 4.40. The van der Waals surface area contributed by atoms with Crippen LogP contribution in [0.4, 0.5) is 0 Å². The van der Waals surface area contributed by atoms with Crippen LogP contribution in [0.3, 0.4) is 0 Å². The number of oxazole rings is 1. The second-order valence-electron chi connectivity index (χ2n) is 4.73. The summed E-state index contributed by atoms with van der Waals surface area (Å²) in [6.07, 6.45) is 1.63. The van der Waals surface area contributed by atoms with E-state index in [0.717, 1.165) is 5.56 Å². The van der Waals surface area contributed by atoms with Gasteiger partial charge in [0.25, 0.3) is 0 Å². The monoisotopic (exact) mass is 311 g/mol. The topological polar surface area (TPSA) is 63.3 Å². The van der Waals surface area contributed by atoms with Crippen molar-refractivity contribution in [1.82, 2.24) is 4.98 Å². The van der Waals surface area contributed by atoms with Gasteiger partial charge < -0.3 is 9.52 Å². The maximum atomic E-state index is 11.0. The number of rotatable bonds is 5. The summed E-state index contributed by atoms with van der Waals surface area (Å²) in [6, 6.07) is 7.25. The van der Waals surface area contributed by atoms with Gasteiger partial charge in [-0.05, 0) is 38.1 Å². The fourth-order valence-corrected chi connectivity index (χ4v) is 2.30. The van der Waals surface area contributed by atoms with Crippen molar-refractivity contribution >= 4 is 29.3 Å². The van der Waals surface area contributed by atoms with Gasteiger partial charge in [-0.1, -0.05) is 11.6 Å². The Morgan fingerprint density at radius 2 is 2.05 bits per heavy atom. The van der Waals surface area contributed by atoms with E-state index in [4.69, 9.17) is 21.1 Å². The number of aromatic nitrogens is 1. The van der Waals surface area contributed by atoms with Crippen LogP contribution in [0.15, 0.2) is 34.9 Å². The van der Waals surface area contributed by atoms with Crippen molar-refractivity contribution < 1.29 is 14.3 Å². The zero-order valence-electron chi connectivity index (χ0n) is 11.1. The second-order valence-corrected chi connectivity index (χ2v) is 6.76. The molecular formula is C14H14ClNO3S. The number of carbonyl (C=O) groups is 1. The number of nitrogens with zero attached hydrogens (tertiary/aromatic N) is 1. The molecule has 0 aliphatic rings. The number of benzene rings is 1. The van der Waals surface area contributed by atoms with Crippen molar-refractivity contribution in [3.05, 3.63) is 41.4 Å². The Morgan fingerprint density at radius 3 is 2.65 bits per heavy atom.